The maximum Gasteiger partial charge on any atom is 0.281 e. The van der Waals surface area contributed by atoms with Crippen LogP contribution in [0.5, 0.6) is 0 Å². The smallest absolute Gasteiger partial charge is 0.281 e. The molecule has 128 valence electrons. The highest BCUT2D eigenvalue weighted by Gasteiger charge is 2.18. The van der Waals surface area contributed by atoms with Gasteiger partial charge in [-0.1, -0.05) is 23.7 Å². The Labute approximate surface area is 153 Å². The zero-order valence-electron chi connectivity index (χ0n) is 13.8. The van der Waals surface area contributed by atoms with E-state index in [4.69, 9.17) is 11.6 Å². The lowest BCUT2D eigenvalue weighted by Gasteiger charge is -2.12. The number of anilines is 1. The van der Waals surface area contributed by atoms with Gasteiger partial charge in [0.1, 0.15) is 0 Å². The van der Waals surface area contributed by atoms with Gasteiger partial charge in [-0.15, -0.1) is 11.3 Å². The maximum absolute atomic E-state index is 12.5. The highest BCUT2D eigenvalue weighted by atomic mass is 35.5. The molecule has 6 nitrogen and oxygen atoms in total. The SMILES string of the molecule is Cc1nc(NC(=O)c2nn(-c3ccccc3Cl)c(C)cc2=O)sc1C. The van der Waals surface area contributed by atoms with Gasteiger partial charge in [0.25, 0.3) is 5.91 Å². The van der Waals surface area contributed by atoms with E-state index in [1.165, 1.54) is 22.1 Å². The molecule has 0 atom stereocenters. The minimum atomic E-state index is -0.598. The summed E-state index contributed by atoms with van der Waals surface area (Å²) in [6.45, 7) is 5.50. The van der Waals surface area contributed by atoms with Crippen LogP contribution in [-0.2, 0) is 0 Å². The third-order valence-corrected chi connectivity index (χ3v) is 4.96. The average molecular weight is 375 g/mol. The van der Waals surface area contributed by atoms with Gasteiger partial charge in [0.2, 0.25) is 5.43 Å². The molecule has 3 rings (SSSR count). The van der Waals surface area contributed by atoms with Crippen molar-refractivity contribution in [1.82, 2.24) is 14.8 Å². The molecule has 0 unspecified atom stereocenters. The number of aromatic nitrogens is 3. The number of benzene rings is 1. The molecule has 0 spiro atoms. The second-order valence-corrected chi connectivity index (χ2v) is 7.09. The highest BCUT2D eigenvalue weighted by Crippen LogP contribution is 2.22. The number of rotatable bonds is 3. The Kier molecular flexibility index (Phi) is 4.69. The van der Waals surface area contributed by atoms with E-state index in [2.05, 4.69) is 15.4 Å². The maximum atomic E-state index is 12.5. The van der Waals surface area contributed by atoms with Crippen LogP contribution < -0.4 is 10.7 Å². The second-order valence-electron chi connectivity index (χ2n) is 5.48. The Morgan fingerprint density at radius 3 is 2.60 bits per heavy atom. The molecule has 0 aliphatic heterocycles. The molecule has 0 saturated heterocycles. The Balaban J connectivity index is 2.02. The molecule has 8 heteroatoms. The molecule has 0 aliphatic rings. The van der Waals surface area contributed by atoms with Crippen molar-refractivity contribution >= 4 is 34.0 Å². The van der Waals surface area contributed by atoms with E-state index in [1.54, 1.807) is 31.2 Å². The Hall–Kier alpha value is -2.51. The molecule has 3 aromatic rings. The lowest BCUT2D eigenvalue weighted by molar-refractivity contribution is 0.101. The monoisotopic (exact) mass is 374 g/mol. The average Bonchev–Trinajstić information content (AvgIpc) is 2.86. The molecular weight excluding hydrogens is 360 g/mol. The number of halogens is 1. The Morgan fingerprint density at radius 2 is 1.96 bits per heavy atom. The van der Waals surface area contributed by atoms with Crippen molar-refractivity contribution in [2.24, 2.45) is 0 Å². The topological polar surface area (TPSA) is 76.9 Å². The predicted octanol–water partition coefficient (Wildman–Crippen LogP) is 3.52. The normalized spacial score (nSPS) is 10.7. The summed E-state index contributed by atoms with van der Waals surface area (Å²) < 4.78 is 1.48. The number of amides is 1. The molecule has 0 fully saturated rings. The zero-order valence-corrected chi connectivity index (χ0v) is 15.4. The van der Waals surface area contributed by atoms with Gasteiger partial charge in [-0.2, -0.15) is 5.10 Å². The van der Waals surface area contributed by atoms with Crippen LogP contribution in [0.15, 0.2) is 35.1 Å². The number of carbonyl (C=O) groups is 1. The summed E-state index contributed by atoms with van der Waals surface area (Å²) in [5.41, 5.74) is 1.34. The molecule has 1 amide bonds. The van der Waals surface area contributed by atoms with Gasteiger partial charge in [-0.25, -0.2) is 9.67 Å². The van der Waals surface area contributed by atoms with Crippen molar-refractivity contribution in [2.75, 3.05) is 5.32 Å². The second kappa shape index (κ2) is 6.78. The van der Waals surface area contributed by atoms with E-state index in [9.17, 15) is 9.59 Å². The first kappa shape index (κ1) is 17.3. The number of para-hydroxylation sites is 1. The number of carbonyl (C=O) groups excluding carboxylic acids is 1. The van der Waals surface area contributed by atoms with E-state index in [-0.39, 0.29) is 5.69 Å². The third kappa shape index (κ3) is 3.47. The van der Waals surface area contributed by atoms with Gasteiger partial charge in [-0.05, 0) is 32.9 Å². The van der Waals surface area contributed by atoms with Gasteiger partial charge in [0.05, 0.1) is 16.4 Å². The quantitative estimate of drug-likeness (QED) is 0.760. The molecular formula is C17H15ClN4O2S. The highest BCUT2D eigenvalue weighted by molar-refractivity contribution is 7.15. The van der Waals surface area contributed by atoms with Gasteiger partial charge >= 0.3 is 0 Å². The fraction of sp³-hybridized carbons (Fsp3) is 0.176. The van der Waals surface area contributed by atoms with Crippen LogP contribution in [0, 0.1) is 20.8 Å². The van der Waals surface area contributed by atoms with E-state index in [0.29, 0.717) is 21.5 Å². The fourth-order valence-electron chi connectivity index (χ4n) is 2.25. The summed E-state index contributed by atoms with van der Waals surface area (Å²) in [5.74, 6) is -0.598. The molecule has 0 aliphatic carbocycles. The van der Waals surface area contributed by atoms with Crippen molar-refractivity contribution in [3.8, 4) is 5.69 Å². The van der Waals surface area contributed by atoms with Crippen molar-refractivity contribution in [3.05, 3.63) is 67.5 Å². The first-order chi connectivity index (χ1) is 11.9. The Bertz CT molecular complexity index is 1010. The lowest BCUT2D eigenvalue weighted by atomic mass is 10.2. The minimum Gasteiger partial charge on any atom is -0.296 e. The minimum absolute atomic E-state index is 0.212. The van der Waals surface area contributed by atoms with Gasteiger partial charge < -0.3 is 0 Å². The number of nitrogens with zero attached hydrogens (tertiary/aromatic N) is 3. The van der Waals surface area contributed by atoms with Gasteiger partial charge in [-0.3, -0.25) is 14.9 Å². The summed E-state index contributed by atoms with van der Waals surface area (Å²) in [6, 6.07) is 8.45. The number of aryl methyl sites for hydroxylation is 3. The largest absolute Gasteiger partial charge is 0.296 e. The van der Waals surface area contributed by atoms with Crippen LogP contribution in [0.1, 0.15) is 26.8 Å². The van der Waals surface area contributed by atoms with Crippen LogP contribution in [0.2, 0.25) is 5.02 Å². The summed E-state index contributed by atoms with van der Waals surface area (Å²) in [4.78, 5) is 30.0. The summed E-state index contributed by atoms with van der Waals surface area (Å²) in [5, 5.41) is 7.75. The molecule has 0 saturated carbocycles. The number of hydrogen-bond donors (Lipinski definition) is 1. The van der Waals surface area contributed by atoms with Crippen LogP contribution in [0.4, 0.5) is 5.13 Å². The summed E-state index contributed by atoms with van der Waals surface area (Å²) in [7, 11) is 0. The zero-order chi connectivity index (χ0) is 18.1. The van der Waals surface area contributed by atoms with Crippen LogP contribution in [0.25, 0.3) is 5.69 Å². The first-order valence-corrected chi connectivity index (χ1v) is 8.67. The summed E-state index contributed by atoms with van der Waals surface area (Å²) in [6.07, 6.45) is 0. The van der Waals surface area contributed by atoms with Gasteiger partial charge in [0.15, 0.2) is 10.8 Å². The first-order valence-electron chi connectivity index (χ1n) is 7.48. The number of nitrogens with one attached hydrogen (secondary N) is 1. The fourth-order valence-corrected chi connectivity index (χ4v) is 3.28. The molecule has 1 aromatic carbocycles. The van der Waals surface area contributed by atoms with Crippen molar-refractivity contribution in [2.45, 2.75) is 20.8 Å². The molecule has 25 heavy (non-hydrogen) atoms. The van der Waals surface area contributed by atoms with E-state index in [0.717, 1.165) is 10.6 Å². The predicted molar refractivity (Wildman–Crippen MR) is 99.1 cm³/mol. The Morgan fingerprint density at radius 1 is 1.24 bits per heavy atom. The molecule has 0 bridgehead atoms. The van der Waals surface area contributed by atoms with E-state index < -0.39 is 11.3 Å². The van der Waals surface area contributed by atoms with Crippen molar-refractivity contribution in [3.63, 3.8) is 0 Å². The van der Waals surface area contributed by atoms with Crippen molar-refractivity contribution < 1.29 is 4.79 Å². The molecule has 2 aromatic heterocycles. The number of hydrogen-bond acceptors (Lipinski definition) is 5. The molecule has 1 N–H and O–H groups in total. The molecule has 0 radical (unpaired) electrons. The van der Waals surface area contributed by atoms with Crippen LogP contribution >= 0.6 is 22.9 Å². The third-order valence-electron chi connectivity index (χ3n) is 3.65. The van der Waals surface area contributed by atoms with Gasteiger partial charge in [0, 0.05) is 16.6 Å². The summed E-state index contributed by atoms with van der Waals surface area (Å²) >= 11 is 7.55. The van der Waals surface area contributed by atoms with Crippen molar-refractivity contribution in [1.29, 1.82) is 0 Å². The van der Waals surface area contributed by atoms with E-state index >= 15 is 0 Å². The van der Waals surface area contributed by atoms with E-state index in [1.807, 2.05) is 13.8 Å². The number of thiazole rings is 1. The lowest BCUT2D eigenvalue weighted by Crippen LogP contribution is -2.27. The molecule has 2 heterocycles. The standard InChI is InChI=1S/C17H15ClN4O2S/c1-9-8-14(23)15(16(24)20-17-19-10(2)11(3)25-17)21-22(9)13-7-5-4-6-12(13)18/h4-8H,1-3H3,(H,19,20,24). The van der Waals surface area contributed by atoms with Crippen LogP contribution in [-0.4, -0.2) is 20.7 Å². The van der Waals surface area contributed by atoms with Crippen LogP contribution in [0.3, 0.4) is 0 Å².